The lowest BCUT2D eigenvalue weighted by Gasteiger charge is -2.13. The van der Waals surface area contributed by atoms with E-state index in [1.165, 1.54) is 7.11 Å². The van der Waals surface area contributed by atoms with Crippen molar-refractivity contribution in [1.82, 2.24) is 0 Å². The van der Waals surface area contributed by atoms with Crippen LogP contribution in [0.1, 0.15) is 45.1 Å². The van der Waals surface area contributed by atoms with Crippen molar-refractivity contribution in [3.8, 4) is 5.75 Å². The summed E-state index contributed by atoms with van der Waals surface area (Å²) in [6, 6.07) is 6.95. The van der Waals surface area contributed by atoms with Gasteiger partial charge in [-0.05, 0) is 30.0 Å². The van der Waals surface area contributed by atoms with Crippen molar-refractivity contribution in [3.63, 3.8) is 0 Å². The summed E-state index contributed by atoms with van der Waals surface area (Å²) in [4.78, 5) is 11.1. The second-order valence-electron chi connectivity index (χ2n) is 3.48. The molecule has 0 aliphatic rings. The number of phenols is 1. The number of ether oxygens (including phenoxy) is 1. The summed E-state index contributed by atoms with van der Waals surface area (Å²) in [5.41, 5.74) is 1.06. The summed E-state index contributed by atoms with van der Waals surface area (Å²) < 4.78 is 4.64. The van der Waals surface area contributed by atoms with Crippen LogP contribution in [0.2, 0.25) is 0 Å². The van der Waals surface area contributed by atoms with Gasteiger partial charge in [-0.25, -0.2) is 0 Å². The fourth-order valence-corrected chi connectivity index (χ4v) is 1.53. The molecule has 0 aliphatic carbocycles. The van der Waals surface area contributed by atoms with Crippen LogP contribution in [0.4, 0.5) is 0 Å². The predicted molar refractivity (Wildman–Crippen MR) is 69.1 cm³/mol. The van der Waals surface area contributed by atoms with Gasteiger partial charge >= 0.3 is 5.97 Å². The van der Waals surface area contributed by atoms with Crippen LogP contribution < -0.4 is 0 Å². The van der Waals surface area contributed by atoms with Crippen molar-refractivity contribution < 1.29 is 14.6 Å². The number of hydrogen-bond donors (Lipinski definition) is 1. The van der Waals surface area contributed by atoms with Crippen LogP contribution in [0, 0.1) is 0 Å². The molecule has 3 nitrogen and oxygen atoms in total. The number of rotatable bonds is 4. The van der Waals surface area contributed by atoms with Crippen molar-refractivity contribution in [2.75, 3.05) is 7.11 Å². The largest absolute Gasteiger partial charge is 0.508 e. The first-order valence-electron chi connectivity index (χ1n) is 6.03. The molecule has 0 radical (unpaired) electrons. The lowest BCUT2D eigenvalue weighted by atomic mass is 9.93. The number of hydrogen-bond acceptors (Lipinski definition) is 3. The number of esters is 1. The maximum Gasteiger partial charge on any atom is 0.306 e. The fourth-order valence-electron chi connectivity index (χ4n) is 1.53. The molecule has 3 heteroatoms. The lowest BCUT2D eigenvalue weighted by Crippen LogP contribution is -2.07. The lowest BCUT2D eigenvalue weighted by molar-refractivity contribution is -0.141. The van der Waals surface area contributed by atoms with Crippen molar-refractivity contribution >= 4 is 5.97 Å². The molecule has 1 aromatic carbocycles. The first-order valence-corrected chi connectivity index (χ1v) is 6.03. The standard InChI is InChI=1S/C12H16O3.C2H6/c1-3-9(8-12(14)15-2)10-4-6-11(13)7-5-10;1-2/h4-7,9,13H,3,8H2,1-2H3;1-2H3. The summed E-state index contributed by atoms with van der Waals surface area (Å²) in [6.07, 6.45) is 1.26. The Bertz CT molecular complexity index is 317. The van der Waals surface area contributed by atoms with Gasteiger partial charge in [0.05, 0.1) is 13.5 Å². The van der Waals surface area contributed by atoms with Crippen molar-refractivity contribution in [1.29, 1.82) is 0 Å². The van der Waals surface area contributed by atoms with Crippen LogP contribution in [-0.2, 0) is 9.53 Å². The summed E-state index contributed by atoms with van der Waals surface area (Å²) in [5, 5.41) is 9.15. The molecule has 1 N–H and O–H groups in total. The van der Waals surface area contributed by atoms with E-state index in [-0.39, 0.29) is 17.6 Å². The number of carbonyl (C=O) groups is 1. The highest BCUT2D eigenvalue weighted by atomic mass is 16.5. The minimum Gasteiger partial charge on any atom is -0.508 e. The second kappa shape index (κ2) is 8.62. The Morgan fingerprint density at radius 1 is 1.29 bits per heavy atom. The van der Waals surface area contributed by atoms with Crippen LogP contribution in [0.5, 0.6) is 5.75 Å². The molecule has 1 rings (SSSR count). The molecule has 0 aromatic heterocycles. The summed E-state index contributed by atoms with van der Waals surface area (Å²) in [7, 11) is 1.39. The van der Waals surface area contributed by atoms with Crippen molar-refractivity contribution in [2.45, 2.75) is 39.5 Å². The zero-order valence-electron chi connectivity index (χ0n) is 11.1. The van der Waals surface area contributed by atoms with Gasteiger partial charge in [0, 0.05) is 0 Å². The SMILES string of the molecule is CC.CCC(CC(=O)OC)c1ccc(O)cc1. The Balaban J connectivity index is 0.00000121. The second-order valence-corrected chi connectivity index (χ2v) is 3.48. The maximum atomic E-state index is 11.1. The summed E-state index contributed by atoms with van der Waals surface area (Å²) in [5.74, 6) is 0.208. The molecule has 1 aromatic rings. The van der Waals surface area contributed by atoms with E-state index in [0.29, 0.717) is 6.42 Å². The van der Waals surface area contributed by atoms with Gasteiger partial charge in [0.15, 0.2) is 0 Å². The maximum absolute atomic E-state index is 11.1. The zero-order chi connectivity index (χ0) is 13.3. The number of carbonyl (C=O) groups excluding carboxylic acids is 1. The van der Waals surface area contributed by atoms with E-state index in [9.17, 15) is 4.79 Å². The Hall–Kier alpha value is -1.51. The quantitative estimate of drug-likeness (QED) is 0.817. The van der Waals surface area contributed by atoms with Crippen LogP contribution in [0.3, 0.4) is 0 Å². The van der Waals surface area contributed by atoms with Crippen LogP contribution in [0.25, 0.3) is 0 Å². The van der Waals surface area contributed by atoms with Crippen LogP contribution in [0.15, 0.2) is 24.3 Å². The van der Waals surface area contributed by atoms with Gasteiger partial charge in [0.25, 0.3) is 0 Å². The van der Waals surface area contributed by atoms with Gasteiger partial charge in [0.1, 0.15) is 5.75 Å². The molecule has 0 heterocycles. The Morgan fingerprint density at radius 2 is 1.82 bits per heavy atom. The molecular formula is C14H22O3. The highest BCUT2D eigenvalue weighted by molar-refractivity contribution is 5.70. The van der Waals surface area contributed by atoms with E-state index in [1.807, 2.05) is 32.9 Å². The van der Waals surface area contributed by atoms with Crippen LogP contribution in [-0.4, -0.2) is 18.2 Å². The first kappa shape index (κ1) is 15.5. The monoisotopic (exact) mass is 238 g/mol. The van der Waals surface area contributed by atoms with E-state index in [2.05, 4.69) is 4.74 Å². The molecule has 1 atom stereocenters. The smallest absolute Gasteiger partial charge is 0.306 e. The summed E-state index contributed by atoms with van der Waals surface area (Å²) >= 11 is 0. The van der Waals surface area contributed by atoms with E-state index in [0.717, 1.165) is 12.0 Å². The first-order chi connectivity index (χ1) is 8.17. The Kier molecular flexibility index (Phi) is 7.85. The van der Waals surface area contributed by atoms with E-state index >= 15 is 0 Å². The molecule has 0 spiro atoms. The van der Waals surface area contributed by atoms with Crippen molar-refractivity contribution in [2.24, 2.45) is 0 Å². The molecule has 0 aliphatic heterocycles. The topological polar surface area (TPSA) is 46.5 Å². The molecular weight excluding hydrogens is 216 g/mol. The van der Waals surface area contributed by atoms with Gasteiger partial charge in [-0.1, -0.05) is 32.9 Å². The summed E-state index contributed by atoms with van der Waals surface area (Å²) in [6.45, 7) is 6.03. The normalized spacial score (nSPS) is 11.1. The molecule has 0 amide bonds. The van der Waals surface area contributed by atoms with Crippen molar-refractivity contribution in [3.05, 3.63) is 29.8 Å². The Morgan fingerprint density at radius 3 is 2.24 bits per heavy atom. The number of methoxy groups -OCH3 is 1. The third kappa shape index (κ3) is 5.38. The van der Waals surface area contributed by atoms with E-state index in [4.69, 9.17) is 5.11 Å². The minimum absolute atomic E-state index is 0.165. The van der Waals surface area contributed by atoms with Gasteiger partial charge < -0.3 is 9.84 Å². The zero-order valence-corrected chi connectivity index (χ0v) is 11.1. The molecule has 1 unspecified atom stereocenters. The average Bonchev–Trinajstić information content (AvgIpc) is 2.39. The minimum atomic E-state index is -0.199. The highest BCUT2D eigenvalue weighted by Crippen LogP contribution is 2.25. The van der Waals surface area contributed by atoms with Gasteiger partial charge in [0.2, 0.25) is 0 Å². The fraction of sp³-hybridized carbons (Fsp3) is 0.500. The number of benzene rings is 1. The third-order valence-electron chi connectivity index (χ3n) is 2.50. The van der Waals surface area contributed by atoms with Gasteiger partial charge in [-0.2, -0.15) is 0 Å². The Labute approximate surface area is 103 Å². The number of aromatic hydroxyl groups is 1. The van der Waals surface area contributed by atoms with Gasteiger partial charge in [-0.3, -0.25) is 4.79 Å². The molecule has 0 fully saturated rings. The molecule has 96 valence electrons. The molecule has 0 bridgehead atoms. The molecule has 17 heavy (non-hydrogen) atoms. The average molecular weight is 238 g/mol. The molecule has 0 saturated carbocycles. The highest BCUT2D eigenvalue weighted by Gasteiger charge is 2.14. The predicted octanol–water partition coefficient (Wildman–Crippen LogP) is 3.48. The molecule has 0 saturated heterocycles. The van der Waals surface area contributed by atoms with E-state index in [1.54, 1.807) is 12.1 Å². The van der Waals surface area contributed by atoms with E-state index < -0.39 is 0 Å². The van der Waals surface area contributed by atoms with Gasteiger partial charge in [-0.15, -0.1) is 0 Å². The van der Waals surface area contributed by atoms with Crippen LogP contribution >= 0.6 is 0 Å². The third-order valence-corrected chi connectivity index (χ3v) is 2.50. The number of phenolic OH excluding ortho intramolecular Hbond substituents is 1.